The highest BCUT2D eigenvalue weighted by Crippen LogP contribution is 2.30. The zero-order chi connectivity index (χ0) is 23.9. The fraction of sp³-hybridized carbons (Fsp3) is 0.273. The van der Waals surface area contributed by atoms with Crippen LogP contribution in [-0.4, -0.2) is 39.5 Å². The molecule has 1 N–H and O–H groups in total. The average Bonchev–Trinajstić information content (AvgIpc) is 2.76. The minimum Gasteiger partial charge on any atom is -0.452 e. The fourth-order valence-corrected chi connectivity index (χ4v) is 4.71. The van der Waals surface area contributed by atoms with Gasteiger partial charge in [-0.25, -0.2) is 13.2 Å². The van der Waals surface area contributed by atoms with Crippen LogP contribution in [-0.2, 0) is 19.6 Å². The molecule has 172 valence electrons. The van der Waals surface area contributed by atoms with Crippen molar-refractivity contribution in [1.29, 1.82) is 0 Å². The lowest BCUT2D eigenvalue weighted by Crippen LogP contribution is -2.35. The Kier molecular flexibility index (Phi) is 9.12. The highest BCUT2D eigenvalue weighted by atomic mass is 35.5. The molecular weight excluding hydrogens is 475 g/mol. The first-order chi connectivity index (χ1) is 15.1. The summed E-state index contributed by atoms with van der Waals surface area (Å²) >= 11 is 12.1. The number of esters is 1. The van der Waals surface area contributed by atoms with Crippen LogP contribution in [0.1, 0.15) is 30.6 Å². The Hall–Kier alpha value is -2.55. The van der Waals surface area contributed by atoms with E-state index in [1.54, 1.807) is 24.3 Å². The topological polar surface area (TPSA) is 92.8 Å². The standard InChI is InChI=1S/C22H24Cl2N2O5S/c1-4-12-26(18-9-7-17(23)8-10-18)32(29,30)20-13-16(6-11-19(20)24)22(28)31-14-21(27)25-15(3)5-2/h4,6-11,13,15H,1,5,12,14H2,2-3H3,(H,25,27)/t15-/m1/s1. The molecule has 0 fully saturated rings. The largest absolute Gasteiger partial charge is 0.452 e. The summed E-state index contributed by atoms with van der Waals surface area (Å²) in [4.78, 5) is 24.0. The van der Waals surface area contributed by atoms with Gasteiger partial charge >= 0.3 is 5.97 Å². The van der Waals surface area contributed by atoms with Crippen molar-refractivity contribution < 1.29 is 22.7 Å². The molecule has 2 rings (SSSR count). The van der Waals surface area contributed by atoms with E-state index in [-0.39, 0.29) is 28.1 Å². The Morgan fingerprint density at radius 1 is 1.19 bits per heavy atom. The van der Waals surface area contributed by atoms with Gasteiger partial charge in [-0.3, -0.25) is 9.10 Å². The lowest BCUT2D eigenvalue weighted by atomic mass is 10.2. The molecule has 0 unspecified atom stereocenters. The van der Waals surface area contributed by atoms with Gasteiger partial charge in [-0.05, 0) is 55.8 Å². The number of benzene rings is 2. The Labute approximate surface area is 198 Å². The third-order valence-electron chi connectivity index (χ3n) is 4.50. The van der Waals surface area contributed by atoms with Gasteiger partial charge < -0.3 is 10.1 Å². The van der Waals surface area contributed by atoms with Gasteiger partial charge in [-0.15, -0.1) is 6.58 Å². The molecule has 0 radical (unpaired) electrons. The second-order valence-corrected chi connectivity index (χ2v) is 9.57. The number of ether oxygens (including phenoxy) is 1. The number of nitrogens with one attached hydrogen (secondary N) is 1. The van der Waals surface area contributed by atoms with Gasteiger partial charge in [0, 0.05) is 11.1 Å². The first-order valence-corrected chi connectivity index (χ1v) is 11.9. The lowest BCUT2D eigenvalue weighted by Gasteiger charge is -2.24. The summed E-state index contributed by atoms with van der Waals surface area (Å²) in [5.74, 6) is -1.30. The van der Waals surface area contributed by atoms with Crippen molar-refractivity contribution in [2.75, 3.05) is 17.5 Å². The second-order valence-electron chi connectivity index (χ2n) is 6.90. The summed E-state index contributed by atoms with van der Waals surface area (Å²) in [7, 11) is -4.17. The van der Waals surface area contributed by atoms with Gasteiger partial charge in [0.2, 0.25) is 0 Å². The van der Waals surface area contributed by atoms with Gasteiger partial charge in [0.15, 0.2) is 6.61 Å². The number of hydrogen-bond acceptors (Lipinski definition) is 5. The number of halogens is 2. The minimum absolute atomic E-state index is 0.0370. The maximum atomic E-state index is 13.4. The summed E-state index contributed by atoms with van der Waals surface area (Å²) < 4.78 is 32.8. The van der Waals surface area contributed by atoms with Gasteiger partial charge in [0.1, 0.15) is 4.90 Å². The average molecular weight is 499 g/mol. The summed E-state index contributed by atoms with van der Waals surface area (Å²) in [5, 5.41) is 3.05. The highest BCUT2D eigenvalue weighted by Gasteiger charge is 2.28. The van der Waals surface area contributed by atoms with E-state index in [2.05, 4.69) is 11.9 Å². The molecular formula is C22H24Cl2N2O5S. The number of carbonyl (C=O) groups is 2. The molecule has 0 bridgehead atoms. The number of hydrogen-bond donors (Lipinski definition) is 1. The molecule has 2 aromatic rings. The van der Waals surface area contributed by atoms with Gasteiger partial charge in [0.25, 0.3) is 15.9 Å². The van der Waals surface area contributed by atoms with E-state index < -0.39 is 28.5 Å². The van der Waals surface area contributed by atoms with Crippen LogP contribution < -0.4 is 9.62 Å². The second kappa shape index (κ2) is 11.4. The van der Waals surface area contributed by atoms with Crippen LogP contribution in [0.15, 0.2) is 60.0 Å². The molecule has 10 heteroatoms. The molecule has 0 saturated heterocycles. The molecule has 0 saturated carbocycles. The summed E-state index contributed by atoms with van der Waals surface area (Å²) in [6.07, 6.45) is 2.15. The molecule has 0 aliphatic carbocycles. The van der Waals surface area contributed by atoms with Crippen LogP contribution >= 0.6 is 23.2 Å². The van der Waals surface area contributed by atoms with Crippen molar-refractivity contribution >= 4 is 50.8 Å². The lowest BCUT2D eigenvalue weighted by molar-refractivity contribution is -0.124. The predicted molar refractivity (Wildman–Crippen MR) is 126 cm³/mol. The van der Waals surface area contributed by atoms with E-state index in [4.69, 9.17) is 27.9 Å². The number of nitrogens with zero attached hydrogens (tertiary/aromatic N) is 1. The van der Waals surface area contributed by atoms with Crippen LogP contribution in [0.4, 0.5) is 5.69 Å². The van der Waals surface area contributed by atoms with E-state index in [1.807, 2.05) is 13.8 Å². The van der Waals surface area contributed by atoms with Crippen molar-refractivity contribution in [3.05, 3.63) is 70.7 Å². The molecule has 0 aromatic heterocycles. The van der Waals surface area contributed by atoms with Crippen LogP contribution in [0.3, 0.4) is 0 Å². The zero-order valence-corrected chi connectivity index (χ0v) is 20.0. The van der Waals surface area contributed by atoms with Crippen LogP contribution in [0, 0.1) is 0 Å². The van der Waals surface area contributed by atoms with Crippen LogP contribution in [0.5, 0.6) is 0 Å². The predicted octanol–water partition coefficient (Wildman–Crippen LogP) is 4.45. The normalized spacial score (nSPS) is 12.0. The minimum atomic E-state index is -4.17. The molecule has 0 heterocycles. The van der Waals surface area contributed by atoms with Crippen LogP contribution in [0.25, 0.3) is 0 Å². The summed E-state index contributed by atoms with van der Waals surface area (Å²) in [5.41, 5.74) is 0.291. The number of rotatable bonds is 10. The van der Waals surface area contributed by atoms with E-state index in [9.17, 15) is 18.0 Å². The third-order valence-corrected chi connectivity index (χ3v) is 7.03. The van der Waals surface area contributed by atoms with Crippen molar-refractivity contribution in [2.45, 2.75) is 31.2 Å². The Morgan fingerprint density at radius 2 is 1.84 bits per heavy atom. The summed E-state index contributed by atoms with van der Waals surface area (Å²) in [6, 6.07) is 9.89. The number of carbonyl (C=O) groups excluding carboxylic acids is 2. The van der Waals surface area contributed by atoms with Gasteiger partial charge in [-0.1, -0.05) is 36.2 Å². The van der Waals surface area contributed by atoms with E-state index in [1.165, 1.54) is 18.2 Å². The van der Waals surface area contributed by atoms with Crippen molar-refractivity contribution in [1.82, 2.24) is 5.32 Å². The highest BCUT2D eigenvalue weighted by molar-refractivity contribution is 7.93. The smallest absolute Gasteiger partial charge is 0.338 e. The maximum Gasteiger partial charge on any atom is 0.338 e. The number of sulfonamides is 1. The quantitative estimate of drug-likeness (QED) is 0.385. The molecule has 0 spiro atoms. The number of amides is 1. The van der Waals surface area contributed by atoms with E-state index in [0.717, 1.165) is 16.8 Å². The molecule has 32 heavy (non-hydrogen) atoms. The van der Waals surface area contributed by atoms with Crippen molar-refractivity contribution in [3.8, 4) is 0 Å². The Morgan fingerprint density at radius 3 is 2.44 bits per heavy atom. The molecule has 2 aromatic carbocycles. The Balaban J connectivity index is 2.31. The summed E-state index contributed by atoms with van der Waals surface area (Å²) in [6.45, 7) is 6.82. The SMILES string of the molecule is C=CCN(c1ccc(Cl)cc1)S(=O)(=O)c1cc(C(=O)OCC(=O)N[C@H](C)CC)ccc1Cl. The molecule has 1 amide bonds. The van der Waals surface area contributed by atoms with E-state index in [0.29, 0.717) is 10.7 Å². The zero-order valence-electron chi connectivity index (χ0n) is 17.7. The number of anilines is 1. The van der Waals surface area contributed by atoms with Crippen molar-refractivity contribution in [2.24, 2.45) is 0 Å². The van der Waals surface area contributed by atoms with Gasteiger partial charge in [0.05, 0.1) is 22.8 Å². The molecule has 1 atom stereocenters. The Bertz CT molecular complexity index is 1090. The van der Waals surface area contributed by atoms with E-state index >= 15 is 0 Å². The van der Waals surface area contributed by atoms with Crippen LogP contribution in [0.2, 0.25) is 10.0 Å². The maximum absolute atomic E-state index is 13.4. The molecule has 7 nitrogen and oxygen atoms in total. The third kappa shape index (κ3) is 6.48. The van der Waals surface area contributed by atoms with Crippen molar-refractivity contribution in [3.63, 3.8) is 0 Å². The monoisotopic (exact) mass is 498 g/mol. The van der Waals surface area contributed by atoms with Gasteiger partial charge in [-0.2, -0.15) is 0 Å². The first-order valence-electron chi connectivity index (χ1n) is 9.75. The molecule has 0 aliphatic heterocycles. The molecule has 0 aliphatic rings. The fourth-order valence-electron chi connectivity index (χ4n) is 2.65. The first kappa shape index (κ1) is 25.7.